The maximum atomic E-state index is 11.0. The zero-order valence-corrected chi connectivity index (χ0v) is 18.7. The van der Waals surface area contributed by atoms with Crippen LogP contribution < -0.4 is 0 Å². The summed E-state index contributed by atoms with van der Waals surface area (Å²) in [6, 6.07) is 0. The molecule has 0 fully saturated rings. The summed E-state index contributed by atoms with van der Waals surface area (Å²) in [7, 11) is 0. The summed E-state index contributed by atoms with van der Waals surface area (Å²) in [5.41, 5.74) is 8.99. The third-order valence-corrected chi connectivity index (χ3v) is 5.37. The molecule has 0 amide bonds. The van der Waals surface area contributed by atoms with Crippen LogP contribution in [-0.4, -0.2) is 5.78 Å². The molecule has 1 heteroatoms. The van der Waals surface area contributed by atoms with Crippen LogP contribution >= 0.6 is 0 Å². The van der Waals surface area contributed by atoms with Crippen LogP contribution in [0.15, 0.2) is 45.6 Å². The molecule has 0 aromatic rings. The number of allylic oxidation sites excluding steroid dienone is 8. The number of ketones is 1. The lowest BCUT2D eigenvalue weighted by Crippen LogP contribution is -1.90. The van der Waals surface area contributed by atoms with Gasteiger partial charge in [-0.2, -0.15) is 0 Å². The van der Waals surface area contributed by atoms with Crippen LogP contribution in [0, 0.1) is 0 Å². The summed E-state index contributed by atoms with van der Waals surface area (Å²) in [6.07, 6.45) is 13.1. The van der Waals surface area contributed by atoms with Crippen LogP contribution in [0.25, 0.3) is 0 Å². The smallest absolute Gasteiger partial charge is 0.130 e. The highest BCUT2D eigenvalue weighted by molar-refractivity contribution is 5.75. The van der Waals surface area contributed by atoms with Gasteiger partial charge < -0.3 is 4.79 Å². The van der Waals surface area contributed by atoms with Gasteiger partial charge in [-0.3, -0.25) is 0 Å². The zero-order valence-electron chi connectivity index (χ0n) is 18.7. The summed E-state index contributed by atoms with van der Waals surface area (Å²) in [5, 5.41) is 0. The van der Waals surface area contributed by atoms with Gasteiger partial charge in [-0.15, -0.1) is 0 Å². The molecule has 26 heavy (non-hydrogen) atoms. The largest absolute Gasteiger partial charge is 0.300 e. The van der Waals surface area contributed by atoms with E-state index in [1.54, 1.807) is 18.1 Å². The number of Topliss-reactive ketones (excluding diaryl/α,β-unsaturated/α-hetero) is 1. The predicted molar refractivity (Wildman–Crippen MR) is 118 cm³/mol. The number of carbonyl (C=O) groups excluding carboxylic acids is 1. The molecule has 0 atom stereocenters. The maximum absolute atomic E-state index is 11.0. The molecule has 0 spiro atoms. The Kier molecular flexibility index (Phi) is 13.1. The van der Waals surface area contributed by atoms with Crippen molar-refractivity contribution in [2.24, 2.45) is 0 Å². The van der Waals surface area contributed by atoms with Gasteiger partial charge >= 0.3 is 0 Å². The highest BCUT2D eigenvalue weighted by Crippen LogP contribution is 2.21. The highest BCUT2D eigenvalue weighted by Gasteiger charge is 2.01. The van der Waals surface area contributed by atoms with Gasteiger partial charge in [0.25, 0.3) is 0 Å². The molecule has 0 aromatic heterocycles. The van der Waals surface area contributed by atoms with Gasteiger partial charge in [-0.1, -0.05) is 45.6 Å². The SMILES string of the molecule is CC(=O)CC/C=C(/C)CC/C=C(\C)CC/C(C)=C(\C)CCC(C)=C(C)C. The molecule has 0 rings (SSSR count). The highest BCUT2D eigenvalue weighted by atomic mass is 16.1. The van der Waals surface area contributed by atoms with Gasteiger partial charge in [-0.05, 0) is 100 Å². The molecule has 0 radical (unpaired) electrons. The predicted octanol–water partition coefficient (Wildman–Crippen LogP) is 8.28. The standard InChI is InChI=1S/C25H42O/c1-19(2)22(5)17-18-24(7)23(6)16-15-21(4)12-9-11-20(3)13-10-14-25(8)26/h12-13H,9-11,14-18H2,1-8H3/b20-13-,21-12+,24-23+. The minimum absolute atomic E-state index is 0.277. The first kappa shape index (κ1) is 24.6. The average molecular weight is 359 g/mol. The molecule has 0 aliphatic heterocycles. The molecule has 0 heterocycles. The van der Waals surface area contributed by atoms with Crippen molar-refractivity contribution in [3.63, 3.8) is 0 Å². The average Bonchev–Trinajstić information content (AvgIpc) is 2.56. The molecule has 148 valence electrons. The second-order valence-electron chi connectivity index (χ2n) is 8.22. The lowest BCUT2D eigenvalue weighted by Gasteiger charge is -2.10. The van der Waals surface area contributed by atoms with E-state index in [9.17, 15) is 4.79 Å². The molecule has 0 aliphatic carbocycles. The molecule has 0 saturated carbocycles. The van der Waals surface area contributed by atoms with Crippen LogP contribution in [0.5, 0.6) is 0 Å². The van der Waals surface area contributed by atoms with E-state index >= 15 is 0 Å². The Morgan fingerprint density at radius 1 is 0.538 bits per heavy atom. The van der Waals surface area contributed by atoms with Crippen molar-refractivity contribution in [2.45, 2.75) is 107 Å². The summed E-state index contributed by atoms with van der Waals surface area (Å²) in [4.78, 5) is 11.0. The fraction of sp³-hybridized carbons (Fsp3) is 0.640. The molecule has 0 N–H and O–H groups in total. The van der Waals surface area contributed by atoms with Crippen LogP contribution in [-0.2, 0) is 4.79 Å². The van der Waals surface area contributed by atoms with Gasteiger partial charge in [-0.25, -0.2) is 0 Å². The molecule has 0 saturated heterocycles. The van der Waals surface area contributed by atoms with Crippen LogP contribution in [0.3, 0.4) is 0 Å². The number of hydrogen-bond acceptors (Lipinski definition) is 1. The van der Waals surface area contributed by atoms with Crippen LogP contribution in [0.4, 0.5) is 0 Å². The van der Waals surface area contributed by atoms with Crippen molar-refractivity contribution >= 4 is 5.78 Å². The minimum Gasteiger partial charge on any atom is -0.300 e. The van der Waals surface area contributed by atoms with E-state index in [0.717, 1.165) is 25.7 Å². The second kappa shape index (κ2) is 13.8. The molecule has 0 bridgehead atoms. The number of hydrogen-bond donors (Lipinski definition) is 0. The minimum atomic E-state index is 0.277. The molecule has 0 unspecified atom stereocenters. The van der Waals surface area contributed by atoms with Gasteiger partial charge in [0.2, 0.25) is 0 Å². The van der Waals surface area contributed by atoms with Gasteiger partial charge in [0.05, 0.1) is 0 Å². The fourth-order valence-electron chi connectivity index (χ4n) is 2.71. The molecular weight excluding hydrogens is 316 g/mol. The Hall–Kier alpha value is -1.37. The first-order chi connectivity index (χ1) is 12.1. The van der Waals surface area contributed by atoms with Crippen LogP contribution in [0.2, 0.25) is 0 Å². The summed E-state index contributed by atoms with van der Waals surface area (Å²) < 4.78 is 0. The monoisotopic (exact) mass is 358 g/mol. The number of carbonyl (C=O) groups is 1. The Morgan fingerprint density at radius 2 is 0.962 bits per heavy atom. The van der Waals surface area contributed by atoms with Crippen molar-refractivity contribution in [1.29, 1.82) is 0 Å². The Morgan fingerprint density at radius 3 is 1.46 bits per heavy atom. The molecule has 0 aliphatic rings. The summed E-state index contributed by atoms with van der Waals surface area (Å²) in [5.74, 6) is 0.277. The van der Waals surface area contributed by atoms with E-state index in [2.05, 4.69) is 60.6 Å². The quantitative estimate of drug-likeness (QED) is 0.321. The number of rotatable bonds is 12. The van der Waals surface area contributed by atoms with E-state index < -0.39 is 0 Å². The second-order valence-corrected chi connectivity index (χ2v) is 8.22. The van der Waals surface area contributed by atoms with Crippen molar-refractivity contribution in [1.82, 2.24) is 0 Å². The Labute approximate surface area is 163 Å². The third-order valence-electron chi connectivity index (χ3n) is 5.37. The van der Waals surface area contributed by atoms with E-state index in [1.807, 2.05) is 0 Å². The van der Waals surface area contributed by atoms with Crippen molar-refractivity contribution in [3.8, 4) is 0 Å². The van der Waals surface area contributed by atoms with Crippen molar-refractivity contribution in [3.05, 3.63) is 45.6 Å². The fourth-order valence-corrected chi connectivity index (χ4v) is 2.71. The normalized spacial score (nSPS) is 13.5. The Balaban J connectivity index is 4.27. The third kappa shape index (κ3) is 12.9. The molecule has 0 aromatic carbocycles. The van der Waals surface area contributed by atoms with Gasteiger partial charge in [0.15, 0.2) is 0 Å². The van der Waals surface area contributed by atoms with Crippen LogP contribution in [0.1, 0.15) is 107 Å². The lowest BCUT2D eigenvalue weighted by molar-refractivity contribution is -0.116. The van der Waals surface area contributed by atoms with E-state index in [1.165, 1.54) is 41.6 Å². The van der Waals surface area contributed by atoms with Crippen molar-refractivity contribution < 1.29 is 4.79 Å². The topological polar surface area (TPSA) is 17.1 Å². The zero-order chi connectivity index (χ0) is 20.1. The van der Waals surface area contributed by atoms with E-state index in [0.29, 0.717) is 6.42 Å². The first-order valence-corrected chi connectivity index (χ1v) is 10.2. The first-order valence-electron chi connectivity index (χ1n) is 10.2. The molecular formula is C25H42O. The summed E-state index contributed by atoms with van der Waals surface area (Å²) in [6.45, 7) is 17.3. The van der Waals surface area contributed by atoms with Gasteiger partial charge in [0, 0.05) is 6.42 Å². The summed E-state index contributed by atoms with van der Waals surface area (Å²) >= 11 is 0. The maximum Gasteiger partial charge on any atom is 0.130 e. The van der Waals surface area contributed by atoms with Crippen molar-refractivity contribution in [2.75, 3.05) is 0 Å². The lowest BCUT2D eigenvalue weighted by atomic mass is 9.97. The van der Waals surface area contributed by atoms with E-state index in [4.69, 9.17) is 0 Å². The van der Waals surface area contributed by atoms with E-state index in [-0.39, 0.29) is 5.78 Å². The van der Waals surface area contributed by atoms with Gasteiger partial charge in [0.1, 0.15) is 5.78 Å². The molecule has 1 nitrogen and oxygen atoms in total. The Bertz CT molecular complexity index is 563.